The monoisotopic (exact) mass is 395 g/mol. The normalized spacial score (nSPS) is 14.6. The minimum absolute atomic E-state index is 0.0243. The van der Waals surface area contributed by atoms with Gasteiger partial charge in [0.2, 0.25) is 5.91 Å². The molecule has 1 fully saturated rings. The van der Waals surface area contributed by atoms with E-state index in [-0.39, 0.29) is 18.4 Å². The van der Waals surface area contributed by atoms with Crippen LogP contribution >= 0.6 is 0 Å². The molecule has 2 aromatic carbocycles. The van der Waals surface area contributed by atoms with Crippen molar-refractivity contribution in [3.05, 3.63) is 65.7 Å². The Morgan fingerprint density at radius 3 is 2.21 bits per heavy atom. The topological polar surface area (TPSA) is 53.1 Å². The van der Waals surface area contributed by atoms with Gasteiger partial charge in [0.05, 0.1) is 13.0 Å². The van der Waals surface area contributed by atoms with Gasteiger partial charge < -0.3 is 19.4 Å². The van der Waals surface area contributed by atoms with E-state index >= 15 is 0 Å². The summed E-state index contributed by atoms with van der Waals surface area (Å²) in [5, 5.41) is 0. The second-order valence-electron chi connectivity index (χ2n) is 7.43. The number of amides is 2. The highest BCUT2D eigenvalue weighted by Gasteiger charge is 2.20. The molecule has 3 rings (SSSR count). The number of benzene rings is 2. The van der Waals surface area contributed by atoms with Crippen LogP contribution in [0.5, 0.6) is 0 Å². The second-order valence-corrected chi connectivity index (χ2v) is 7.43. The van der Waals surface area contributed by atoms with Crippen molar-refractivity contribution in [1.29, 1.82) is 0 Å². The van der Waals surface area contributed by atoms with Crippen molar-refractivity contribution in [3.63, 3.8) is 0 Å². The minimum atomic E-state index is -0.0994. The van der Waals surface area contributed by atoms with Gasteiger partial charge in [0, 0.05) is 39.0 Å². The molecule has 1 heterocycles. The molecule has 0 spiro atoms. The maximum absolute atomic E-state index is 12.6. The Labute approximate surface area is 172 Å². The molecule has 0 radical (unpaired) electrons. The van der Waals surface area contributed by atoms with Crippen LogP contribution in [0.1, 0.15) is 11.1 Å². The van der Waals surface area contributed by atoms with Gasteiger partial charge in [-0.2, -0.15) is 0 Å². The van der Waals surface area contributed by atoms with Gasteiger partial charge in [-0.15, -0.1) is 0 Å². The van der Waals surface area contributed by atoms with E-state index in [1.54, 1.807) is 4.90 Å². The molecular formula is C23H29N3O3. The molecule has 29 heavy (non-hydrogen) atoms. The van der Waals surface area contributed by atoms with Gasteiger partial charge in [-0.25, -0.2) is 0 Å². The van der Waals surface area contributed by atoms with Crippen LogP contribution in [0.3, 0.4) is 0 Å². The summed E-state index contributed by atoms with van der Waals surface area (Å²) in [5.41, 5.74) is 2.80. The molecule has 0 saturated carbocycles. The van der Waals surface area contributed by atoms with E-state index in [1.807, 2.05) is 59.5 Å². The molecule has 0 N–H and O–H groups in total. The average molecular weight is 396 g/mol. The SMILES string of the molecule is COCC(=O)N(Cc1ccccc1)c1ccc(CC(=O)N2CCN(C)CC2)cc1. The van der Waals surface area contributed by atoms with E-state index in [1.165, 1.54) is 7.11 Å². The average Bonchev–Trinajstić information content (AvgIpc) is 2.74. The Kier molecular flexibility index (Phi) is 7.38. The standard InChI is InChI=1S/C23H29N3O3/c1-24-12-14-25(15-13-24)22(27)16-19-8-10-21(11-9-19)26(23(28)18-29-2)17-20-6-4-3-5-7-20/h3-11H,12-18H2,1-2H3. The summed E-state index contributed by atoms with van der Waals surface area (Å²) in [6.07, 6.45) is 0.384. The Balaban J connectivity index is 1.68. The first-order valence-electron chi connectivity index (χ1n) is 9.95. The molecule has 0 atom stereocenters. The van der Waals surface area contributed by atoms with Crippen molar-refractivity contribution in [2.24, 2.45) is 0 Å². The summed E-state index contributed by atoms with van der Waals surface area (Å²) in [6.45, 7) is 3.90. The van der Waals surface area contributed by atoms with E-state index in [0.717, 1.165) is 43.0 Å². The van der Waals surface area contributed by atoms with Crippen LogP contribution in [0.4, 0.5) is 5.69 Å². The van der Waals surface area contributed by atoms with E-state index in [2.05, 4.69) is 11.9 Å². The summed E-state index contributed by atoms with van der Waals surface area (Å²) in [7, 11) is 3.60. The molecule has 6 nitrogen and oxygen atoms in total. The first-order chi connectivity index (χ1) is 14.1. The fourth-order valence-electron chi connectivity index (χ4n) is 3.43. The third-order valence-corrected chi connectivity index (χ3v) is 5.21. The molecule has 2 amide bonds. The molecule has 154 valence electrons. The molecule has 0 unspecified atom stereocenters. The van der Waals surface area contributed by atoms with Gasteiger partial charge in [-0.3, -0.25) is 9.59 Å². The zero-order valence-electron chi connectivity index (χ0n) is 17.2. The number of anilines is 1. The molecule has 1 aliphatic rings. The number of carbonyl (C=O) groups excluding carboxylic acids is 2. The van der Waals surface area contributed by atoms with Crippen molar-refractivity contribution in [3.8, 4) is 0 Å². The predicted molar refractivity (Wildman–Crippen MR) is 114 cm³/mol. The lowest BCUT2D eigenvalue weighted by molar-refractivity contribution is -0.132. The van der Waals surface area contributed by atoms with Crippen LogP contribution in [0.15, 0.2) is 54.6 Å². The number of methoxy groups -OCH3 is 1. The number of carbonyl (C=O) groups is 2. The summed E-state index contributed by atoms with van der Waals surface area (Å²) >= 11 is 0. The highest BCUT2D eigenvalue weighted by molar-refractivity contribution is 5.94. The molecule has 0 aliphatic carbocycles. The van der Waals surface area contributed by atoms with Crippen LogP contribution < -0.4 is 4.90 Å². The zero-order chi connectivity index (χ0) is 20.6. The number of nitrogens with zero attached hydrogens (tertiary/aromatic N) is 3. The molecule has 1 aliphatic heterocycles. The highest BCUT2D eigenvalue weighted by Crippen LogP contribution is 2.19. The van der Waals surface area contributed by atoms with Crippen molar-refractivity contribution < 1.29 is 14.3 Å². The summed E-state index contributed by atoms with van der Waals surface area (Å²) < 4.78 is 5.05. The van der Waals surface area contributed by atoms with Gasteiger partial charge in [-0.1, -0.05) is 42.5 Å². The van der Waals surface area contributed by atoms with Gasteiger partial charge in [0.15, 0.2) is 0 Å². The number of hydrogen-bond donors (Lipinski definition) is 0. The number of piperazine rings is 1. The van der Waals surface area contributed by atoms with Crippen molar-refractivity contribution >= 4 is 17.5 Å². The molecule has 6 heteroatoms. The van der Waals surface area contributed by atoms with E-state index < -0.39 is 0 Å². The van der Waals surface area contributed by atoms with Gasteiger partial charge in [-0.05, 0) is 30.3 Å². The maximum atomic E-state index is 12.6. The van der Waals surface area contributed by atoms with Crippen LogP contribution in [-0.2, 0) is 27.3 Å². The smallest absolute Gasteiger partial charge is 0.253 e. The fraction of sp³-hybridized carbons (Fsp3) is 0.391. The number of ether oxygens (including phenoxy) is 1. The maximum Gasteiger partial charge on any atom is 0.253 e. The second kappa shape index (κ2) is 10.2. The predicted octanol–water partition coefficient (Wildman–Crippen LogP) is 2.18. The van der Waals surface area contributed by atoms with Crippen molar-refractivity contribution in [1.82, 2.24) is 9.80 Å². The molecule has 2 aromatic rings. The third kappa shape index (κ3) is 5.89. The lowest BCUT2D eigenvalue weighted by Crippen LogP contribution is -2.47. The summed E-state index contributed by atoms with van der Waals surface area (Å²) in [4.78, 5) is 31.0. The zero-order valence-corrected chi connectivity index (χ0v) is 17.2. The first-order valence-corrected chi connectivity index (χ1v) is 9.95. The lowest BCUT2D eigenvalue weighted by Gasteiger charge is -2.32. The first kappa shape index (κ1) is 21.0. The Bertz CT molecular complexity index is 800. The summed E-state index contributed by atoms with van der Waals surface area (Å²) in [6, 6.07) is 17.5. The third-order valence-electron chi connectivity index (χ3n) is 5.21. The molecular weight excluding hydrogens is 366 g/mol. The molecule has 0 bridgehead atoms. The quantitative estimate of drug-likeness (QED) is 0.721. The Morgan fingerprint density at radius 2 is 1.59 bits per heavy atom. The van der Waals surface area contributed by atoms with Crippen LogP contribution in [0.25, 0.3) is 0 Å². The van der Waals surface area contributed by atoms with Crippen molar-refractivity contribution in [2.45, 2.75) is 13.0 Å². The van der Waals surface area contributed by atoms with E-state index in [0.29, 0.717) is 13.0 Å². The van der Waals surface area contributed by atoms with Crippen LogP contribution in [0.2, 0.25) is 0 Å². The molecule has 1 saturated heterocycles. The van der Waals surface area contributed by atoms with Crippen molar-refractivity contribution in [2.75, 3.05) is 51.8 Å². The number of rotatable bonds is 7. The summed E-state index contributed by atoms with van der Waals surface area (Å²) in [5.74, 6) is 0.0556. The number of likely N-dealkylation sites (N-methyl/N-ethyl adjacent to an activating group) is 1. The Hall–Kier alpha value is -2.70. The number of hydrogen-bond acceptors (Lipinski definition) is 4. The van der Waals surface area contributed by atoms with E-state index in [9.17, 15) is 9.59 Å². The highest BCUT2D eigenvalue weighted by atomic mass is 16.5. The lowest BCUT2D eigenvalue weighted by atomic mass is 10.1. The molecule has 0 aromatic heterocycles. The minimum Gasteiger partial charge on any atom is -0.375 e. The largest absolute Gasteiger partial charge is 0.375 e. The fourth-order valence-corrected chi connectivity index (χ4v) is 3.43. The van der Waals surface area contributed by atoms with E-state index in [4.69, 9.17) is 4.74 Å². The van der Waals surface area contributed by atoms with Gasteiger partial charge in [0.1, 0.15) is 6.61 Å². The van der Waals surface area contributed by atoms with Crippen LogP contribution in [0, 0.1) is 0 Å². The van der Waals surface area contributed by atoms with Gasteiger partial charge >= 0.3 is 0 Å². The van der Waals surface area contributed by atoms with Crippen LogP contribution in [-0.4, -0.2) is 68.6 Å². The van der Waals surface area contributed by atoms with Gasteiger partial charge in [0.25, 0.3) is 5.91 Å². The Morgan fingerprint density at radius 1 is 0.931 bits per heavy atom.